The second-order valence-corrected chi connectivity index (χ2v) is 9.38. The lowest BCUT2D eigenvalue weighted by molar-refractivity contribution is 0.0474. The van der Waals surface area contributed by atoms with E-state index in [2.05, 4.69) is 0 Å². The normalized spacial score (nSPS) is 17.4. The van der Waals surface area contributed by atoms with E-state index < -0.39 is 15.9 Å². The summed E-state index contributed by atoms with van der Waals surface area (Å²) in [6, 6.07) is 10.0. The van der Waals surface area contributed by atoms with E-state index in [0.29, 0.717) is 18.7 Å². The van der Waals surface area contributed by atoms with Crippen molar-refractivity contribution in [3.63, 3.8) is 0 Å². The van der Waals surface area contributed by atoms with E-state index in [1.165, 1.54) is 12.1 Å². The number of hydrogen-bond donors (Lipinski definition) is 1. The molecule has 0 saturated carbocycles. The maximum absolute atomic E-state index is 12.7. The SMILES string of the molecule is CS(=O)(=O)c1cccc(C(=O)N2CCC(C(O)c3cccs3)CC2)c1. The van der Waals surface area contributed by atoms with E-state index in [1.54, 1.807) is 28.4 Å². The molecule has 25 heavy (non-hydrogen) atoms. The lowest BCUT2D eigenvalue weighted by atomic mass is 9.90. The molecule has 1 amide bonds. The highest BCUT2D eigenvalue weighted by molar-refractivity contribution is 7.90. The minimum absolute atomic E-state index is 0.144. The molecule has 2 aromatic rings. The van der Waals surface area contributed by atoms with Gasteiger partial charge in [-0.3, -0.25) is 4.79 Å². The number of rotatable bonds is 4. The van der Waals surface area contributed by atoms with E-state index in [1.807, 2.05) is 17.5 Å². The molecule has 1 aromatic carbocycles. The van der Waals surface area contributed by atoms with Gasteiger partial charge in [-0.1, -0.05) is 12.1 Å². The molecule has 1 aliphatic heterocycles. The second kappa shape index (κ2) is 7.27. The van der Waals surface area contributed by atoms with Gasteiger partial charge in [0.05, 0.1) is 11.0 Å². The van der Waals surface area contributed by atoms with Gasteiger partial charge in [-0.15, -0.1) is 11.3 Å². The van der Waals surface area contributed by atoms with Crippen LogP contribution >= 0.6 is 11.3 Å². The number of benzene rings is 1. The molecule has 5 nitrogen and oxygen atoms in total. The molecule has 0 aliphatic carbocycles. The number of amides is 1. The molecule has 3 rings (SSSR count). The van der Waals surface area contributed by atoms with Crippen LogP contribution in [0.5, 0.6) is 0 Å². The van der Waals surface area contributed by atoms with Crippen molar-refractivity contribution in [1.82, 2.24) is 4.90 Å². The Morgan fingerprint density at radius 3 is 2.56 bits per heavy atom. The molecule has 1 aliphatic rings. The maximum atomic E-state index is 12.7. The molecular weight excluding hydrogens is 358 g/mol. The van der Waals surface area contributed by atoms with E-state index >= 15 is 0 Å². The predicted octanol–water partition coefficient (Wildman–Crippen LogP) is 2.74. The van der Waals surface area contributed by atoms with Crippen molar-refractivity contribution in [3.05, 3.63) is 52.2 Å². The van der Waals surface area contributed by atoms with E-state index in [-0.39, 0.29) is 16.7 Å². The van der Waals surface area contributed by atoms with Crippen molar-refractivity contribution in [2.24, 2.45) is 5.92 Å². The first-order chi connectivity index (χ1) is 11.9. The third-order valence-corrected chi connectivity index (χ3v) is 6.67. The summed E-state index contributed by atoms with van der Waals surface area (Å²) in [7, 11) is -3.34. The fraction of sp³-hybridized carbons (Fsp3) is 0.389. The van der Waals surface area contributed by atoms with Gasteiger partial charge in [0.2, 0.25) is 0 Å². The summed E-state index contributed by atoms with van der Waals surface area (Å²) in [6.45, 7) is 1.13. The Balaban J connectivity index is 1.66. The van der Waals surface area contributed by atoms with E-state index in [0.717, 1.165) is 24.0 Å². The monoisotopic (exact) mass is 379 g/mol. The lowest BCUT2D eigenvalue weighted by Gasteiger charge is -2.34. The number of carbonyl (C=O) groups is 1. The van der Waals surface area contributed by atoms with Gasteiger partial charge in [0.15, 0.2) is 9.84 Å². The van der Waals surface area contributed by atoms with Crippen LogP contribution < -0.4 is 0 Å². The fourth-order valence-electron chi connectivity index (χ4n) is 3.15. The van der Waals surface area contributed by atoms with Crippen molar-refractivity contribution >= 4 is 27.1 Å². The summed E-state index contributed by atoms with van der Waals surface area (Å²) in [4.78, 5) is 15.5. The molecule has 1 N–H and O–H groups in total. The highest BCUT2D eigenvalue weighted by Crippen LogP contribution is 2.33. The number of thiophene rings is 1. The molecule has 1 unspecified atom stereocenters. The Hall–Kier alpha value is -1.70. The van der Waals surface area contributed by atoms with Crippen LogP contribution in [0.4, 0.5) is 0 Å². The second-order valence-electron chi connectivity index (χ2n) is 6.39. The van der Waals surface area contributed by atoms with Gasteiger partial charge in [0.25, 0.3) is 5.91 Å². The lowest BCUT2D eigenvalue weighted by Crippen LogP contribution is -2.39. The zero-order chi connectivity index (χ0) is 18.0. The molecule has 0 radical (unpaired) electrons. The molecule has 1 atom stereocenters. The Morgan fingerprint density at radius 2 is 1.96 bits per heavy atom. The number of hydrogen-bond acceptors (Lipinski definition) is 5. The van der Waals surface area contributed by atoms with Crippen LogP contribution in [0.3, 0.4) is 0 Å². The van der Waals surface area contributed by atoms with Crippen LogP contribution in [0.25, 0.3) is 0 Å². The minimum Gasteiger partial charge on any atom is -0.387 e. The Morgan fingerprint density at radius 1 is 1.24 bits per heavy atom. The zero-order valence-electron chi connectivity index (χ0n) is 14.0. The van der Waals surface area contributed by atoms with E-state index in [4.69, 9.17) is 0 Å². The van der Waals surface area contributed by atoms with Gasteiger partial charge < -0.3 is 10.0 Å². The van der Waals surface area contributed by atoms with Crippen LogP contribution in [0.2, 0.25) is 0 Å². The third-order valence-electron chi connectivity index (χ3n) is 4.62. The van der Waals surface area contributed by atoms with Crippen LogP contribution in [0, 0.1) is 5.92 Å². The molecule has 0 bridgehead atoms. The van der Waals surface area contributed by atoms with Gasteiger partial charge in [-0.2, -0.15) is 0 Å². The van der Waals surface area contributed by atoms with Crippen LogP contribution in [0.15, 0.2) is 46.7 Å². The van der Waals surface area contributed by atoms with Crippen molar-refractivity contribution in [1.29, 1.82) is 0 Å². The maximum Gasteiger partial charge on any atom is 0.253 e. The molecule has 1 aromatic heterocycles. The summed E-state index contributed by atoms with van der Waals surface area (Å²) >= 11 is 1.55. The first kappa shape index (κ1) is 18.1. The number of sulfone groups is 1. The van der Waals surface area contributed by atoms with Crippen LogP contribution in [0.1, 0.15) is 34.2 Å². The summed E-state index contributed by atoms with van der Waals surface area (Å²) in [5.74, 6) is -0.0142. The van der Waals surface area contributed by atoms with Crippen molar-refractivity contribution < 1.29 is 18.3 Å². The average molecular weight is 380 g/mol. The van der Waals surface area contributed by atoms with Gasteiger partial charge >= 0.3 is 0 Å². The largest absolute Gasteiger partial charge is 0.387 e. The number of aliphatic hydroxyl groups excluding tert-OH is 1. The first-order valence-corrected chi connectivity index (χ1v) is 10.9. The first-order valence-electron chi connectivity index (χ1n) is 8.17. The van der Waals surface area contributed by atoms with Crippen molar-refractivity contribution in [2.45, 2.75) is 23.8 Å². The van der Waals surface area contributed by atoms with Crippen LogP contribution in [-0.2, 0) is 9.84 Å². The van der Waals surface area contributed by atoms with Crippen molar-refractivity contribution in [3.8, 4) is 0 Å². The molecule has 0 spiro atoms. The minimum atomic E-state index is -3.34. The fourth-order valence-corrected chi connectivity index (χ4v) is 4.62. The molecule has 7 heteroatoms. The summed E-state index contributed by atoms with van der Waals surface area (Å²) in [6.07, 6.45) is 2.12. The number of carbonyl (C=O) groups excluding carboxylic acids is 1. The summed E-state index contributed by atoms with van der Waals surface area (Å²) in [5.41, 5.74) is 0.389. The molecule has 2 heterocycles. The molecule has 1 saturated heterocycles. The smallest absolute Gasteiger partial charge is 0.253 e. The highest BCUT2D eigenvalue weighted by atomic mass is 32.2. The van der Waals surface area contributed by atoms with Gasteiger partial charge in [-0.25, -0.2) is 8.42 Å². The Bertz CT molecular complexity index is 838. The predicted molar refractivity (Wildman–Crippen MR) is 97.5 cm³/mol. The summed E-state index contributed by atoms with van der Waals surface area (Å²) < 4.78 is 23.3. The average Bonchev–Trinajstić information content (AvgIpc) is 3.15. The number of nitrogens with zero attached hydrogens (tertiary/aromatic N) is 1. The zero-order valence-corrected chi connectivity index (χ0v) is 15.6. The van der Waals surface area contributed by atoms with Gasteiger partial charge in [-0.05, 0) is 48.4 Å². The molecule has 1 fully saturated rings. The quantitative estimate of drug-likeness (QED) is 0.886. The summed E-state index contributed by atoms with van der Waals surface area (Å²) in [5, 5.41) is 12.4. The molecular formula is C18H21NO4S2. The standard InChI is InChI=1S/C18H21NO4S2/c1-25(22,23)15-5-2-4-14(12-15)18(21)19-9-7-13(8-10-19)17(20)16-6-3-11-24-16/h2-6,11-13,17,20H,7-10H2,1H3. The van der Waals surface area contributed by atoms with Gasteiger partial charge in [0, 0.05) is 29.8 Å². The highest BCUT2D eigenvalue weighted by Gasteiger charge is 2.29. The van der Waals surface area contributed by atoms with E-state index in [9.17, 15) is 18.3 Å². The van der Waals surface area contributed by atoms with Crippen molar-refractivity contribution in [2.75, 3.05) is 19.3 Å². The number of aliphatic hydroxyl groups is 1. The molecule has 134 valence electrons. The third kappa shape index (κ3) is 4.11. The number of piperidine rings is 1. The van der Waals surface area contributed by atoms with Gasteiger partial charge in [0.1, 0.15) is 0 Å². The topological polar surface area (TPSA) is 74.7 Å². The Labute approximate surface area is 151 Å². The van der Waals surface area contributed by atoms with Crippen LogP contribution in [-0.4, -0.2) is 43.7 Å². The Kier molecular flexibility index (Phi) is 5.27. The number of likely N-dealkylation sites (tertiary alicyclic amines) is 1.